The molecule has 118 valence electrons. The molecular formula is C14H7BrF6O. The largest absolute Gasteiger partial charge is 0.432 e. The van der Waals surface area contributed by atoms with Crippen LogP contribution in [0.1, 0.15) is 11.1 Å². The van der Waals surface area contributed by atoms with E-state index in [0.717, 1.165) is 6.92 Å². The van der Waals surface area contributed by atoms with Crippen molar-refractivity contribution < 1.29 is 31.1 Å². The number of alkyl halides is 2. The molecule has 0 atom stereocenters. The van der Waals surface area contributed by atoms with E-state index in [1.54, 1.807) is 0 Å². The molecule has 0 saturated carbocycles. The van der Waals surface area contributed by atoms with Crippen LogP contribution < -0.4 is 4.74 Å². The van der Waals surface area contributed by atoms with Crippen molar-refractivity contribution in [2.45, 2.75) is 13.0 Å². The van der Waals surface area contributed by atoms with Crippen LogP contribution in [0.25, 0.3) is 0 Å². The minimum Gasteiger partial charge on any atom is -0.429 e. The van der Waals surface area contributed by atoms with E-state index in [-0.39, 0.29) is 4.47 Å². The third-order valence-electron chi connectivity index (χ3n) is 2.80. The van der Waals surface area contributed by atoms with Crippen molar-refractivity contribution in [3.8, 4) is 5.75 Å². The van der Waals surface area contributed by atoms with Crippen LogP contribution in [0.15, 0.2) is 28.7 Å². The maximum Gasteiger partial charge on any atom is 0.432 e. The van der Waals surface area contributed by atoms with E-state index in [2.05, 4.69) is 20.7 Å². The third kappa shape index (κ3) is 3.21. The SMILES string of the molecule is Cc1c(F)cc(OC(F)(F)c2c(F)cc(Br)cc2F)cc1F. The van der Waals surface area contributed by atoms with Gasteiger partial charge in [0.25, 0.3) is 0 Å². The summed E-state index contributed by atoms with van der Waals surface area (Å²) in [7, 11) is 0. The predicted molar refractivity (Wildman–Crippen MR) is 69.7 cm³/mol. The van der Waals surface area contributed by atoms with Crippen molar-refractivity contribution in [2.75, 3.05) is 0 Å². The second kappa shape index (κ2) is 5.83. The summed E-state index contributed by atoms with van der Waals surface area (Å²) in [5, 5.41) is 0. The molecule has 22 heavy (non-hydrogen) atoms. The molecule has 0 radical (unpaired) electrons. The molecule has 0 bridgehead atoms. The highest BCUT2D eigenvalue weighted by molar-refractivity contribution is 9.10. The summed E-state index contributed by atoms with van der Waals surface area (Å²) in [6.07, 6.45) is -4.46. The zero-order chi connectivity index (χ0) is 16.7. The second-order valence-electron chi connectivity index (χ2n) is 4.38. The van der Waals surface area contributed by atoms with Gasteiger partial charge >= 0.3 is 6.11 Å². The van der Waals surface area contributed by atoms with Gasteiger partial charge in [-0.15, -0.1) is 0 Å². The molecule has 2 aromatic rings. The zero-order valence-electron chi connectivity index (χ0n) is 10.9. The minimum absolute atomic E-state index is 0.0884. The second-order valence-corrected chi connectivity index (χ2v) is 5.29. The van der Waals surface area contributed by atoms with Crippen molar-refractivity contribution in [3.05, 3.63) is 63.1 Å². The smallest absolute Gasteiger partial charge is 0.429 e. The number of benzene rings is 2. The van der Waals surface area contributed by atoms with Gasteiger partial charge in [0, 0.05) is 22.2 Å². The number of hydrogen-bond acceptors (Lipinski definition) is 1. The summed E-state index contributed by atoms with van der Waals surface area (Å²) >= 11 is 2.74. The van der Waals surface area contributed by atoms with E-state index in [1.807, 2.05) is 0 Å². The molecule has 0 saturated heterocycles. The van der Waals surface area contributed by atoms with E-state index in [1.165, 1.54) is 0 Å². The molecule has 0 aliphatic carbocycles. The first-order valence-electron chi connectivity index (χ1n) is 5.79. The first-order chi connectivity index (χ1) is 10.1. The number of halogens is 7. The summed E-state index contributed by atoms with van der Waals surface area (Å²) in [5.74, 6) is -6.27. The number of ether oxygens (including phenoxy) is 1. The molecule has 0 aliphatic heterocycles. The third-order valence-corrected chi connectivity index (χ3v) is 3.26. The van der Waals surface area contributed by atoms with Crippen molar-refractivity contribution in [3.63, 3.8) is 0 Å². The van der Waals surface area contributed by atoms with E-state index >= 15 is 0 Å². The Morgan fingerprint density at radius 1 is 0.864 bits per heavy atom. The molecular weight excluding hydrogens is 378 g/mol. The van der Waals surface area contributed by atoms with Gasteiger partial charge in [-0.3, -0.25) is 0 Å². The van der Waals surface area contributed by atoms with E-state index in [4.69, 9.17) is 0 Å². The lowest BCUT2D eigenvalue weighted by Crippen LogP contribution is -2.25. The molecule has 0 aromatic heterocycles. The quantitative estimate of drug-likeness (QED) is 0.640. The van der Waals surface area contributed by atoms with Crippen molar-refractivity contribution >= 4 is 15.9 Å². The lowest BCUT2D eigenvalue weighted by Gasteiger charge is -2.20. The Labute approximate surface area is 129 Å². The summed E-state index contributed by atoms with van der Waals surface area (Å²) < 4.78 is 85.5. The van der Waals surface area contributed by atoms with Gasteiger partial charge in [0.15, 0.2) is 0 Å². The van der Waals surface area contributed by atoms with Gasteiger partial charge in [0.2, 0.25) is 0 Å². The molecule has 1 nitrogen and oxygen atoms in total. The molecule has 0 fully saturated rings. The average molecular weight is 385 g/mol. The van der Waals surface area contributed by atoms with Crippen LogP contribution >= 0.6 is 15.9 Å². The van der Waals surface area contributed by atoms with Gasteiger partial charge < -0.3 is 4.74 Å². The molecule has 0 heterocycles. The van der Waals surface area contributed by atoms with Crippen LogP contribution in [0, 0.1) is 30.2 Å². The van der Waals surface area contributed by atoms with Crippen LogP contribution in [0.3, 0.4) is 0 Å². The minimum atomic E-state index is -4.46. The molecule has 0 amide bonds. The van der Waals surface area contributed by atoms with Gasteiger partial charge in [-0.2, -0.15) is 8.78 Å². The Hall–Kier alpha value is -1.70. The normalized spacial score (nSPS) is 11.6. The lowest BCUT2D eigenvalue weighted by atomic mass is 10.1. The highest BCUT2D eigenvalue weighted by Gasteiger charge is 2.41. The average Bonchev–Trinajstić information content (AvgIpc) is 2.33. The Morgan fingerprint density at radius 3 is 1.77 bits per heavy atom. The number of rotatable bonds is 3. The van der Waals surface area contributed by atoms with Crippen molar-refractivity contribution in [1.29, 1.82) is 0 Å². The maximum absolute atomic E-state index is 13.9. The fourth-order valence-electron chi connectivity index (χ4n) is 1.70. The first-order valence-corrected chi connectivity index (χ1v) is 6.58. The molecule has 0 N–H and O–H groups in total. The monoisotopic (exact) mass is 384 g/mol. The number of hydrogen-bond donors (Lipinski definition) is 0. The summed E-state index contributed by atoms with van der Waals surface area (Å²) in [5.41, 5.74) is -2.05. The van der Waals surface area contributed by atoms with Gasteiger partial charge in [0.05, 0.1) is 0 Å². The Balaban J connectivity index is 2.44. The van der Waals surface area contributed by atoms with E-state index in [9.17, 15) is 26.3 Å². The summed E-state index contributed by atoms with van der Waals surface area (Å²) in [4.78, 5) is 0. The molecule has 0 unspecified atom stereocenters. The Bertz CT molecular complexity index is 685. The summed E-state index contributed by atoms with van der Waals surface area (Å²) in [6, 6.07) is 2.24. The fraction of sp³-hybridized carbons (Fsp3) is 0.143. The van der Waals surface area contributed by atoms with Crippen LogP contribution in [-0.4, -0.2) is 0 Å². The van der Waals surface area contributed by atoms with Crippen LogP contribution in [0.5, 0.6) is 5.75 Å². The standard InChI is InChI=1S/C14H7BrF6O/c1-6-9(16)4-8(5-10(6)17)22-14(20,21)13-11(18)2-7(15)3-12(13)19/h2-5H,1H3. The maximum atomic E-state index is 13.9. The highest BCUT2D eigenvalue weighted by atomic mass is 79.9. The zero-order valence-corrected chi connectivity index (χ0v) is 12.4. The highest BCUT2D eigenvalue weighted by Crippen LogP contribution is 2.36. The molecule has 0 aliphatic rings. The van der Waals surface area contributed by atoms with E-state index < -0.39 is 46.3 Å². The fourth-order valence-corrected chi connectivity index (χ4v) is 2.10. The van der Waals surface area contributed by atoms with E-state index in [0.29, 0.717) is 24.3 Å². The van der Waals surface area contributed by atoms with Gasteiger partial charge in [0.1, 0.15) is 34.6 Å². The molecule has 2 aromatic carbocycles. The van der Waals surface area contributed by atoms with Crippen LogP contribution in [-0.2, 0) is 6.11 Å². The molecule has 2 rings (SSSR count). The van der Waals surface area contributed by atoms with Crippen molar-refractivity contribution in [2.24, 2.45) is 0 Å². The Morgan fingerprint density at radius 2 is 1.32 bits per heavy atom. The lowest BCUT2D eigenvalue weighted by molar-refractivity contribution is -0.189. The molecule has 8 heteroatoms. The van der Waals surface area contributed by atoms with Crippen LogP contribution in [0.2, 0.25) is 0 Å². The van der Waals surface area contributed by atoms with Crippen LogP contribution in [0.4, 0.5) is 26.3 Å². The predicted octanol–water partition coefficient (Wildman–Crippen LogP) is 5.44. The molecule has 0 spiro atoms. The Kier molecular flexibility index (Phi) is 4.42. The topological polar surface area (TPSA) is 9.23 Å². The van der Waals surface area contributed by atoms with Gasteiger partial charge in [-0.05, 0) is 19.1 Å². The first kappa shape index (κ1) is 16.7. The van der Waals surface area contributed by atoms with Gasteiger partial charge in [-0.1, -0.05) is 15.9 Å². The van der Waals surface area contributed by atoms with Gasteiger partial charge in [-0.25, -0.2) is 17.6 Å². The summed E-state index contributed by atoms with van der Waals surface area (Å²) in [6.45, 7) is 1.10. The van der Waals surface area contributed by atoms with Crippen molar-refractivity contribution in [1.82, 2.24) is 0 Å².